The average Bonchev–Trinajstić information content (AvgIpc) is 2.52. The Labute approximate surface area is 123 Å². The summed E-state index contributed by atoms with van der Waals surface area (Å²) in [5.74, 6) is 0. The van der Waals surface area contributed by atoms with E-state index in [1.54, 1.807) is 21.3 Å². The van der Waals surface area contributed by atoms with Crippen LogP contribution in [0.25, 0.3) is 0 Å². The Morgan fingerprint density at radius 3 is 2.15 bits per heavy atom. The standard InChI is InChI=1S/C14H26N2O3Si/c1-17-20(18-2,19-3)13-7-10-15-11-12-16-14-8-5-4-6-9-14/h4-6,8-9,15-16H,7,10-13H2,1-3H3. The molecule has 5 nitrogen and oxygen atoms in total. The van der Waals surface area contributed by atoms with Crippen LogP contribution in [0.15, 0.2) is 30.3 Å². The highest BCUT2D eigenvalue weighted by Gasteiger charge is 2.36. The number of benzene rings is 1. The smallest absolute Gasteiger partial charge is 0.384 e. The van der Waals surface area contributed by atoms with Gasteiger partial charge in [0.2, 0.25) is 0 Å². The first kappa shape index (κ1) is 17.1. The monoisotopic (exact) mass is 298 g/mol. The molecule has 2 N–H and O–H groups in total. The average molecular weight is 298 g/mol. The van der Waals surface area contributed by atoms with E-state index in [1.807, 2.05) is 18.2 Å². The highest BCUT2D eigenvalue weighted by molar-refractivity contribution is 6.60. The molecule has 0 aliphatic heterocycles. The molecular weight excluding hydrogens is 272 g/mol. The van der Waals surface area contributed by atoms with Crippen LogP contribution in [0.2, 0.25) is 6.04 Å². The van der Waals surface area contributed by atoms with Gasteiger partial charge in [0.1, 0.15) is 0 Å². The van der Waals surface area contributed by atoms with Crippen molar-refractivity contribution in [3.8, 4) is 0 Å². The molecule has 0 heterocycles. The summed E-state index contributed by atoms with van der Waals surface area (Å²) in [6.45, 7) is 2.77. The summed E-state index contributed by atoms with van der Waals surface area (Å²) < 4.78 is 16.1. The van der Waals surface area contributed by atoms with Gasteiger partial charge in [-0.2, -0.15) is 0 Å². The maximum Gasteiger partial charge on any atom is 0.500 e. The Balaban J connectivity index is 2.05. The van der Waals surface area contributed by atoms with Crippen LogP contribution in [0.5, 0.6) is 0 Å². The van der Waals surface area contributed by atoms with Crippen LogP contribution in [-0.4, -0.2) is 49.8 Å². The maximum absolute atomic E-state index is 5.38. The highest BCUT2D eigenvalue weighted by Crippen LogP contribution is 2.14. The van der Waals surface area contributed by atoms with Crippen LogP contribution >= 0.6 is 0 Å². The fourth-order valence-corrected chi connectivity index (χ4v) is 3.68. The summed E-state index contributed by atoms with van der Waals surface area (Å²) in [7, 11) is 2.55. The molecule has 114 valence electrons. The normalized spacial score (nSPS) is 11.6. The topological polar surface area (TPSA) is 51.8 Å². The van der Waals surface area contributed by atoms with E-state index in [0.717, 1.165) is 37.8 Å². The van der Waals surface area contributed by atoms with Gasteiger partial charge in [0.05, 0.1) is 0 Å². The first-order valence-electron chi connectivity index (χ1n) is 6.91. The molecule has 0 fully saturated rings. The van der Waals surface area contributed by atoms with Crippen molar-refractivity contribution in [2.24, 2.45) is 0 Å². The van der Waals surface area contributed by atoms with Crippen molar-refractivity contribution in [3.63, 3.8) is 0 Å². The maximum atomic E-state index is 5.38. The predicted octanol–water partition coefficient (Wildman–Crippen LogP) is 1.96. The molecule has 0 saturated carbocycles. The van der Waals surface area contributed by atoms with Gasteiger partial charge in [0.25, 0.3) is 0 Å². The Morgan fingerprint density at radius 1 is 0.900 bits per heavy atom. The quantitative estimate of drug-likeness (QED) is 0.483. The summed E-state index contributed by atoms with van der Waals surface area (Å²) in [5.41, 5.74) is 1.15. The van der Waals surface area contributed by atoms with Crippen molar-refractivity contribution in [2.75, 3.05) is 46.3 Å². The number of hydrogen-bond acceptors (Lipinski definition) is 5. The molecule has 1 aromatic rings. The molecule has 0 unspecified atom stereocenters. The van der Waals surface area contributed by atoms with Gasteiger partial charge >= 0.3 is 8.80 Å². The fraction of sp³-hybridized carbons (Fsp3) is 0.571. The zero-order chi connectivity index (χ0) is 14.7. The van der Waals surface area contributed by atoms with Crippen LogP contribution in [-0.2, 0) is 13.3 Å². The molecule has 20 heavy (non-hydrogen) atoms. The van der Waals surface area contributed by atoms with E-state index in [-0.39, 0.29) is 0 Å². The molecule has 0 radical (unpaired) electrons. The second kappa shape index (κ2) is 9.90. The third-order valence-electron chi connectivity index (χ3n) is 3.17. The molecule has 0 spiro atoms. The molecular formula is C14H26N2O3Si. The summed E-state index contributed by atoms with van der Waals surface area (Å²) in [5, 5.41) is 6.75. The molecule has 0 bridgehead atoms. The Morgan fingerprint density at radius 2 is 1.55 bits per heavy atom. The zero-order valence-electron chi connectivity index (χ0n) is 12.6. The van der Waals surface area contributed by atoms with Crippen LogP contribution in [0, 0.1) is 0 Å². The summed E-state index contributed by atoms with van der Waals surface area (Å²) in [6.07, 6.45) is 0.979. The van der Waals surface area contributed by atoms with Gasteiger partial charge < -0.3 is 23.9 Å². The molecule has 1 aromatic carbocycles. The second-order valence-electron chi connectivity index (χ2n) is 4.44. The third-order valence-corrected chi connectivity index (χ3v) is 6.01. The van der Waals surface area contributed by atoms with Crippen LogP contribution in [0.3, 0.4) is 0 Å². The van der Waals surface area contributed by atoms with Crippen molar-refractivity contribution < 1.29 is 13.3 Å². The van der Waals surface area contributed by atoms with E-state index in [4.69, 9.17) is 13.3 Å². The van der Waals surface area contributed by atoms with E-state index < -0.39 is 8.80 Å². The first-order valence-corrected chi connectivity index (χ1v) is 8.84. The van der Waals surface area contributed by atoms with E-state index in [2.05, 4.69) is 22.8 Å². The van der Waals surface area contributed by atoms with Crippen molar-refractivity contribution in [1.29, 1.82) is 0 Å². The number of hydrogen-bond donors (Lipinski definition) is 2. The number of nitrogens with one attached hydrogen (secondary N) is 2. The van der Waals surface area contributed by atoms with E-state index in [1.165, 1.54) is 0 Å². The molecule has 0 aliphatic carbocycles. The van der Waals surface area contributed by atoms with Crippen molar-refractivity contribution in [2.45, 2.75) is 12.5 Å². The SMILES string of the molecule is CO[Si](CCCNCCNc1ccccc1)(OC)OC. The van der Waals surface area contributed by atoms with Gasteiger partial charge in [0.15, 0.2) is 0 Å². The van der Waals surface area contributed by atoms with E-state index in [9.17, 15) is 0 Å². The predicted molar refractivity (Wildman–Crippen MR) is 84.0 cm³/mol. The Kier molecular flexibility index (Phi) is 8.48. The minimum absolute atomic E-state index is 0.829. The summed E-state index contributed by atoms with van der Waals surface area (Å²) in [6, 6.07) is 11.0. The highest BCUT2D eigenvalue weighted by atomic mass is 28.4. The van der Waals surface area contributed by atoms with E-state index in [0.29, 0.717) is 0 Å². The minimum Gasteiger partial charge on any atom is -0.384 e. The third kappa shape index (κ3) is 6.02. The van der Waals surface area contributed by atoms with Crippen LogP contribution < -0.4 is 10.6 Å². The van der Waals surface area contributed by atoms with Crippen molar-refractivity contribution in [1.82, 2.24) is 5.32 Å². The first-order chi connectivity index (χ1) is 9.76. The molecule has 6 heteroatoms. The largest absolute Gasteiger partial charge is 0.500 e. The van der Waals surface area contributed by atoms with Gasteiger partial charge in [-0.05, 0) is 25.1 Å². The molecule has 0 atom stereocenters. The van der Waals surface area contributed by atoms with Crippen LogP contribution in [0.4, 0.5) is 5.69 Å². The molecule has 1 rings (SSSR count). The molecule has 0 amide bonds. The summed E-state index contributed by atoms with van der Waals surface area (Å²) in [4.78, 5) is 0. The lowest BCUT2D eigenvalue weighted by Crippen LogP contribution is -2.43. The van der Waals surface area contributed by atoms with Gasteiger partial charge in [-0.15, -0.1) is 0 Å². The summed E-state index contributed by atoms with van der Waals surface area (Å²) >= 11 is 0. The zero-order valence-corrected chi connectivity index (χ0v) is 13.6. The number of rotatable bonds is 11. The van der Waals surface area contributed by atoms with Gasteiger partial charge in [-0.25, -0.2) is 0 Å². The molecule has 0 aliphatic rings. The lowest BCUT2D eigenvalue weighted by atomic mass is 10.3. The number of anilines is 1. The number of para-hydroxylation sites is 1. The molecule has 0 aromatic heterocycles. The van der Waals surface area contributed by atoms with Gasteiger partial charge in [0, 0.05) is 46.2 Å². The van der Waals surface area contributed by atoms with Crippen LogP contribution in [0.1, 0.15) is 6.42 Å². The molecule has 0 saturated heterocycles. The Hall–Kier alpha value is -0.923. The fourth-order valence-electron chi connectivity index (χ4n) is 1.96. The lowest BCUT2D eigenvalue weighted by Gasteiger charge is -2.24. The van der Waals surface area contributed by atoms with Crippen molar-refractivity contribution in [3.05, 3.63) is 30.3 Å². The lowest BCUT2D eigenvalue weighted by molar-refractivity contribution is 0.123. The second-order valence-corrected chi connectivity index (χ2v) is 7.53. The van der Waals surface area contributed by atoms with Gasteiger partial charge in [-0.1, -0.05) is 18.2 Å². The van der Waals surface area contributed by atoms with Gasteiger partial charge in [-0.3, -0.25) is 0 Å². The Bertz CT molecular complexity index is 339. The minimum atomic E-state index is -2.39. The van der Waals surface area contributed by atoms with E-state index >= 15 is 0 Å². The van der Waals surface area contributed by atoms with Crippen molar-refractivity contribution >= 4 is 14.5 Å².